The normalized spacial score (nSPS) is 15.4. The number of rotatable bonds is 6. The highest BCUT2D eigenvalue weighted by Gasteiger charge is 2.37. The lowest BCUT2D eigenvalue weighted by atomic mass is 9.88. The lowest BCUT2D eigenvalue weighted by molar-refractivity contribution is -0.138. The Hall–Kier alpha value is -2.42. The maximum absolute atomic E-state index is 12.8. The van der Waals surface area contributed by atoms with E-state index in [1.807, 2.05) is 20.8 Å². The predicted molar refractivity (Wildman–Crippen MR) is 101 cm³/mol. The van der Waals surface area contributed by atoms with E-state index in [9.17, 15) is 27.6 Å². The minimum Gasteiger partial charge on any atom is -0.300 e. The number of hydrogen-bond donors (Lipinski definition) is 1. The molecule has 0 saturated heterocycles. The molecule has 2 amide bonds. The number of carbonyl (C=O) groups excluding carboxylic acids is 3. The van der Waals surface area contributed by atoms with Gasteiger partial charge in [0.15, 0.2) is 0 Å². The third-order valence-corrected chi connectivity index (χ3v) is 4.49. The molecule has 6 nitrogen and oxygen atoms in total. The van der Waals surface area contributed by atoms with E-state index in [0.29, 0.717) is 17.5 Å². The van der Waals surface area contributed by atoms with Crippen LogP contribution in [0, 0.1) is 5.41 Å². The molecule has 29 heavy (non-hydrogen) atoms. The first-order valence-electron chi connectivity index (χ1n) is 8.81. The second-order valence-corrected chi connectivity index (χ2v) is 8.33. The summed E-state index contributed by atoms with van der Waals surface area (Å²) < 4.78 is 38.3. The lowest BCUT2D eigenvalue weighted by Gasteiger charge is -2.18. The molecule has 0 bridgehead atoms. The number of amides is 2. The number of aromatic nitrogens is 1. The first kappa shape index (κ1) is 22.9. The second-order valence-electron chi connectivity index (χ2n) is 7.97. The molecule has 0 unspecified atom stereocenters. The summed E-state index contributed by atoms with van der Waals surface area (Å²) in [6.07, 6.45) is -4.12. The number of nitrogens with zero attached hydrogens (tertiary/aromatic N) is 2. The molecule has 1 aliphatic rings. The van der Waals surface area contributed by atoms with E-state index in [0.717, 1.165) is 6.07 Å². The van der Waals surface area contributed by atoms with E-state index in [2.05, 4.69) is 10.4 Å². The van der Waals surface area contributed by atoms with Gasteiger partial charge in [0.05, 0.1) is 5.56 Å². The van der Waals surface area contributed by atoms with Crippen molar-refractivity contribution in [2.24, 2.45) is 5.41 Å². The van der Waals surface area contributed by atoms with Crippen LogP contribution < -0.4 is 5.43 Å². The largest absolute Gasteiger partial charge is 0.419 e. The van der Waals surface area contributed by atoms with Crippen LogP contribution in [-0.2, 0) is 20.6 Å². The van der Waals surface area contributed by atoms with E-state index < -0.39 is 28.7 Å². The van der Waals surface area contributed by atoms with Crippen molar-refractivity contribution in [2.75, 3.05) is 5.43 Å². The number of hydrogen-bond acceptors (Lipinski definition) is 5. The van der Waals surface area contributed by atoms with Crippen molar-refractivity contribution in [3.05, 3.63) is 34.0 Å². The van der Waals surface area contributed by atoms with E-state index in [1.165, 1.54) is 6.92 Å². The number of halogens is 4. The van der Waals surface area contributed by atoms with Crippen molar-refractivity contribution >= 4 is 35.0 Å². The molecule has 0 atom stereocenters. The highest BCUT2D eigenvalue weighted by atomic mass is 35.5. The number of imide groups is 1. The van der Waals surface area contributed by atoms with Crippen LogP contribution in [0.3, 0.4) is 0 Å². The number of anilines is 1. The van der Waals surface area contributed by atoms with Crippen LogP contribution in [0.15, 0.2) is 23.3 Å². The number of alkyl halides is 3. The summed E-state index contributed by atoms with van der Waals surface area (Å²) in [5, 5.41) is -0.149. The molecule has 1 aromatic heterocycles. The third kappa shape index (κ3) is 5.56. The van der Waals surface area contributed by atoms with Gasteiger partial charge in [-0.3, -0.25) is 19.8 Å². The van der Waals surface area contributed by atoms with E-state index in [4.69, 9.17) is 11.6 Å². The van der Waals surface area contributed by atoms with Gasteiger partial charge in [-0.05, 0) is 30.9 Å². The maximum atomic E-state index is 12.8. The molecular formula is C19H21ClF3N3O3. The number of nitrogens with one attached hydrogen (secondary N) is 1. The van der Waals surface area contributed by atoms with Gasteiger partial charge < -0.3 is 0 Å². The SMILES string of the molecule is CC1=C(CCC(=O)CC(C)(C)C)C(=O)N(Nc2ccc(C(F)(F)F)c(Cl)n2)C1=O. The average molecular weight is 432 g/mol. The maximum Gasteiger partial charge on any atom is 0.419 e. The molecule has 0 radical (unpaired) electrons. The molecule has 1 aromatic rings. The molecule has 0 fully saturated rings. The zero-order valence-corrected chi connectivity index (χ0v) is 17.2. The van der Waals surface area contributed by atoms with Crippen molar-refractivity contribution in [2.45, 2.75) is 53.1 Å². The Labute approximate surface area is 171 Å². The van der Waals surface area contributed by atoms with E-state index >= 15 is 0 Å². The van der Waals surface area contributed by atoms with Crippen molar-refractivity contribution in [1.82, 2.24) is 9.99 Å². The number of carbonyl (C=O) groups is 3. The summed E-state index contributed by atoms with van der Waals surface area (Å²) in [6.45, 7) is 7.23. The highest BCUT2D eigenvalue weighted by molar-refractivity contribution is 6.30. The molecule has 158 valence electrons. The molecule has 0 saturated carbocycles. The van der Waals surface area contributed by atoms with Gasteiger partial charge in [-0.15, -0.1) is 0 Å². The summed E-state index contributed by atoms with van der Waals surface area (Å²) in [5.41, 5.74) is 1.43. The predicted octanol–water partition coefficient (Wildman–Crippen LogP) is 4.55. The van der Waals surface area contributed by atoms with Gasteiger partial charge in [0.1, 0.15) is 16.8 Å². The zero-order chi connectivity index (χ0) is 22.1. The summed E-state index contributed by atoms with van der Waals surface area (Å²) in [4.78, 5) is 40.6. The summed E-state index contributed by atoms with van der Waals surface area (Å²) >= 11 is 5.56. The van der Waals surface area contributed by atoms with Crippen molar-refractivity contribution in [1.29, 1.82) is 0 Å². The quantitative estimate of drug-likeness (QED) is 0.528. The Balaban J connectivity index is 2.10. The molecule has 2 rings (SSSR count). The monoisotopic (exact) mass is 431 g/mol. The number of Topliss-reactive ketones (excluding diaryl/α,β-unsaturated/α-hetero) is 1. The van der Waals surface area contributed by atoms with Crippen LogP contribution >= 0.6 is 11.6 Å². The summed E-state index contributed by atoms with van der Waals surface area (Å²) in [5.74, 6) is -1.55. The van der Waals surface area contributed by atoms with Crippen LogP contribution in [0.4, 0.5) is 19.0 Å². The molecular weight excluding hydrogens is 411 g/mol. The molecule has 0 spiro atoms. The summed E-state index contributed by atoms with van der Waals surface area (Å²) in [6, 6.07) is 1.67. The van der Waals surface area contributed by atoms with Gasteiger partial charge in [-0.2, -0.15) is 18.2 Å². The van der Waals surface area contributed by atoms with Crippen LogP contribution in [0.5, 0.6) is 0 Å². The number of pyridine rings is 1. The third-order valence-electron chi connectivity index (χ3n) is 4.20. The van der Waals surface area contributed by atoms with Crippen molar-refractivity contribution in [3.8, 4) is 0 Å². The van der Waals surface area contributed by atoms with Gasteiger partial charge in [-0.1, -0.05) is 32.4 Å². The Morgan fingerprint density at radius 1 is 1.17 bits per heavy atom. The molecule has 1 aliphatic heterocycles. The van der Waals surface area contributed by atoms with Crippen LogP contribution in [0.1, 0.15) is 52.5 Å². The van der Waals surface area contributed by atoms with Gasteiger partial charge in [-0.25, -0.2) is 4.98 Å². The topological polar surface area (TPSA) is 79.4 Å². The van der Waals surface area contributed by atoms with Gasteiger partial charge >= 0.3 is 6.18 Å². The number of hydrazine groups is 1. The second kappa shape index (κ2) is 8.14. The minimum absolute atomic E-state index is 0.0272. The molecule has 0 aromatic carbocycles. The first-order valence-corrected chi connectivity index (χ1v) is 9.19. The number of ketones is 1. The Morgan fingerprint density at radius 3 is 2.31 bits per heavy atom. The van der Waals surface area contributed by atoms with Crippen LogP contribution in [0.2, 0.25) is 5.15 Å². The summed E-state index contributed by atoms with van der Waals surface area (Å²) in [7, 11) is 0. The Bertz CT molecular complexity index is 889. The van der Waals surface area contributed by atoms with E-state index in [1.54, 1.807) is 0 Å². The fourth-order valence-electron chi connectivity index (χ4n) is 2.85. The molecule has 10 heteroatoms. The standard InChI is InChI=1S/C19H21ClF3N3O3/c1-10-12(6-5-11(27)9-18(2,3)4)17(29)26(16(10)28)25-14-8-7-13(15(20)24-14)19(21,22)23/h7-8H,5-6,9H2,1-4H3,(H,24,25). The highest BCUT2D eigenvalue weighted by Crippen LogP contribution is 2.34. The van der Waals surface area contributed by atoms with Crippen LogP contribution in [-0.4, -0.2) is 27.6 Å². The Kier molecular flexibility index (Phi) is 6.42. The van der Waals surface area contributed by atoms with Crippen molar-refractivity contribution in [3.63, 3.8) is 0 Å². The average Bonchev–Trinajstić information content (AvgIpc) is 2.74. The zero-order valence-electron chi connectivity index (χ0n) is 16.4. The van der Waals surface area contributed by atoms with Gasteiger partial charge in [0.2, 0.25) is 0 Å². The molecule has 0 aliphatic carbocycles. The Morgan fingerprint density at radius 2 is 1.79 bits per heavy atom. The van der Waals surface area contributed by atoms with E-state index in [-0.39, 0.29) is 41.0 Å². The van der Waals surface area contributed by atoms with Crippen LogP contribution in [0.25, 0.3) is 0 Å². The lowest BCUT2D eigenvalue weighted by Crippen LogP contribution is -2.37. The molecule has 2 heterocycles. The molecule has 1 N–H and O–H groups in total. The fourth-order valence-corrected chi connectivity index (χ4v) is 3.11. The fraction of sp³-hybridized carbons (Fsp3) is 0.474. The van der Waals surface area contributed by atoms with Crippen molar-refractivity contribution < 1.29 is 27.6 Å². The first-order chi connectivity index (χ1) is 13.2. The smallest absolute Gasteiger partial charge is 0.300 e. The van der Waals surface area contributed by atoms with Gasteiger partial charge in [0.25, 0.3) is 11.8 Å². The van der Waals surface area contributed by atoms with Gasteiger partial charge in [0, 0.05) is 24.0 Å². The minimum atomic E-state index is -4.67.